The van der Waals surface area contributed by atoms with Crippen LogP contribution < -0.4 is 5.32 Å². The van der Waals surface area contributed by atoms with Crippen LogP contribution in [-0.2, 0) is 4.74 Å². The average molecular weight is 285 g/mol. The summed E-state index contributed by atoms with van der Waals surface area (Å²) in [5.74, 6) is 0. The third kappa shape index (κ3) is 6.04. The van der Waals surface area contributed by atoms with Crippen molar-refractivity contribution in [3.05, 3.63) is 21.4 Å². The summed E-state index contributed by atoms with van der Waals surface area (Å²) in [5, 5.41) is 13.3. The highest BCUT2D eigenvalue weighted by Crippen LogP contribution is 2.25. The van der Waals surface area contributed by atoms with E-state index in [1.165, 1.54) is 15.3 Å². The van der Waals surface area contributed by atoms with E-state index in [1.807, 2.05) is 32.1 Å². The zero-order chi connectivity index (χ0) is 14.6. The molecule has 1 rings (SSSR count). The molecule has 0 aliphatic heterocycles. The molecule has 0 amide bonds. The predicted molar refractivity (Wildman–Crippen MR) is 81.9 cm³/mol. The summed E-state index contributed by atoms with van der Waals surface area (Å²) in [7, 11) is 0. The minimum absolute atomic E-state index is 0.201. The van der Waals surface area contributed by atoms with Crippen LogP contribution in [0.1, 0.15) is 49.1 Å². The lowest BCUT2D eigenvalue weighted by molar-refractivity contribution is -0.0482. The lowest BCUT2D eigenvalue weighted by atomic mass is 10.1. The van der Waals surface area contributed by atoms with Gasteiger partial charge in [-0.1, -0.05) is 0 Å². The molecule has 2 atom stereocenters. The van der Waals surface area contributed by atoms with Crippen LogP contribution in [0.25, 0.3) is 0 Å². The molecule has 0 saturated heterocycles. The Bertz CT molecular complexity index is 395. The first-order valence-electron chi connectivity index (χ1n) is 6.81. The van der Waals surface area contributed by atoms with Crippen molar-refractivity contribution >= 4 is 11.3 Å². The summed E-state index contributed by atoms with van der Waals surface area (Å²) >= 11 is 1.82. The van der Waals surface area contributed by atoms with Crippen LogP contribution in [0, 0.1) is 13.8 Å². The van der Waals surface area contributed by atoms with Gasteiger partial charge in [-0.2, -0.15) is 0 Å². The number of aliphatic hydroxyl groups excluding tert-OH is 1. The van der Waals surface area contributed by atoms with E-state index >= 15 is 0 Å². The molecule has 3 nitrogen and oxygen atoms in total. The summed E-state index contributed by atoms with van der Waals surface area (Å²) in [5.41, 5.74) is 1.12. The van der Waals surface area contributed by atoms with Crippen molar-refractivity contribution in [2.45, 2.75) is 59.3 Å². The highest BCUT2D eigenvalue weighted by Gasteiger charge is 2.15. The third-order valence-corrected chi connectivity index (χ3v) is 3.90. The molecule has 0 aromatic carbocycles. The fourth-order valence-electron chi connectivity index (χ4n) is 1.91. The number of ether oxygens (including phenoxy) is 1. The van der Waals surface area contributed by atoms with Gasteiger partial charge in [0.2, 0.25) is 0 Å². The van der Waals surface area contributed by atoms with E-state index in [0.29, 0.717) is 13.2 Å². The summed E-state index contributed by atoms with van der Waals surface area (Å²) in [6.07, 6.45) is -0.471. The lowest BCUT2D eigenvalue weighted by Crippen LogP contribution is -2.34. The van der Waals surface area contributed by atoms with Crippen molar-refractivity contribution < 1.29 is 9.84 Å². The molecular weight excluding hydrogens is 258 g/mol. The van der Waals surface area contributed by atoms with Crippen molar-refractivity contribution in [3.63, 3.8) is 0 Å². The zero-order valence-corrected chi connectivity index (χ0v) is 13.7. The topological polar surface area (TPSA) is 41.5 Å². The van der Waals surface area contributed by atoms with Gasteiger partial charge in [-0.3, -0.25) is 0 Å². The van der Waals surface area contributed by atoms with Gasteiger partial charge in [-0.25, -0.2) is 0 Å². The maximum Gasteiger partial charge on any atom is 0.0898 e. The Hall–Kier alpha value is -0.420. The Morgan fingerprint density at radius 2 is 2.00 bits per heavy atom. The van der Waals surface area contributed by atoms with E-state index in [4.69, 9.17) is 4.74 Å². The first-order valence-corrected chi connectivity index (χ1v) is 7.63. The first kappa shape index (κ1) is 16.6. The van der Waals surface area contributed by atoms with E-state index in [-0.39, 0.29) is 11.6 Å². The molecule has 1 heterocycles. The van der Waals surface area contributed by atoms with Gasteiger partial charge in [0.15, 0.2) is 0 Å². The SMILES string of the molecule is Cc1cc(C(C)NCC(O)COC(C)(C)C)c(C)s1. The summed E-state index contributed by atoms with van der Waals surface area (Å²) in [6.45, 7) is 13.3. The van der Waals surface area contributed by atoms with Gasteiger partial charge < -0.3 is 15.2 Å². The number of thiophene rings is 1. The quantitative estimate of drug-likeness (QED) is 0.843. The predicted octanol–water partition coefficient (Wildman–Crippen LogP) is 3.19. The summed E-state index contributed by atoms with van der Waals surface area (Å²) < 4.78 is 5.57. The van der Waals surface area contributed by atoms with Crippen LogP contribution in [0.15, 0.2) is 6.07 Å². The highest BCUT2D eigenvalue weighted by molar-refractivity contribution is 7.12. The number of nitrogens with one attached hydrogen (secondary N) is 1. The summed E-state index contributed by atoms with van der Waals surface area (Å²) in [4.78, 5) is 2.68. The van der Waals surface area contributed by atoms with Gasteiger partial charge >= 0.3 is 0 Å². The zero-order valence-electron chi connectivity index (χ0n) is 12.9. The number of rotatable bonds is 6. The van der Waals surface area contributed by atoms with Crippen LogP contribution in [0.3, 0.4) is 0 Å². The number of aryl methyl sites for hydroxylation is 2. The molecule has 0 bridgehead atoms. The fraction of sp³-hybridized carbons (Fsp3) is 0.733. The van der Waals surface area contributed by atoms with Gasteiger partial charge in [0.1, 0.15) is 0 Å². The third-order valence-electron chi connectivity index (χ3n) is 2.91. The Balaban J connectivity index is 2.38. The van der Waals surface area contributed by atoms with Crippen LogP contribution in [0.4, 0.5) is 0 Å². The highest BCUT2D eigenvalue weighted by atomic mass is 32.1. The molecular formula is C15H27NO2S. The molecule has 0 fully saturated rings. The maximum atomic E-state index is 9.90. The summed E-state index contributed by atoms with van der Waals surface area (Å²) in [6, 6.07) is 2.48. The monoisotopic (exact) mass is 285 g/mol. The standard InChI is InChI=1S/C15H27NO2S/c1-10-7-14(12(3)19-10)11(2)16-8-13(17)9-18-15(4,5)6/h7,11,13,16-17H,8-9H2,1-6H3. The molecule has 19 heavy (non-hydrogen) atoms. The largest absolute Gasteiger partial charge is 0.389 e. The van der Waals surface area contributed by atoms with Gasteiger partial charge in [0.25, 0.3) is 0 Å². The van der Waals surface area contributed by atoms with E-state index in [9.17, 15) is 5.11 Å². The second-order valence-corrected chi connectivity index (χ2v) is 7.54. The van der Waals surface area contributed by atoms with Crippen LogP contribution in [-0.4, -0.2) is 30.0 Å². The molecule has 1 aromatic heterocycles. The smallest absolute Gasteiger partial charge is 0.0898 e. The van der Waals surface area contributed by atoms with Crippen molar-refractivity contribution in [2.24, 2.45) is 0 Å². The fourth-order valence-corrected chi connectivity index (χ4v) is 2.93. The van der Waals surface area contributed by atoms with Crippen LogP contribution in [0.5, 0.6) is 0 Å². The Morgan fingerprint density at radius 3 is 2.47 bits per heavy atom. The Labute approximate surface area is 121 Å². The van der Waals surface area contributed by atoms with Gasteiger partial charge in [-0.15, -0.1) is 11.3 Å². The second kappa shape index (κ2) is 6.84. The average Bonchev–Trinajstić information content (AvgIpc) is 2.61. The molecule has 1 aromatic rings. The van der Waals surface area contributed by atoms with E-state index in [1.54, 1.807) is 0 Å². The van der Waals surface area contributed by atoms with Crippen LogP contribution >= 0.6 is 11.3 Å². The number of hydrogen-bond acceptors (Lipinski definition) is 4. The first-order chi connectivity index (χ1) is 8.69. The number of aliphatic hydroxyl groups is 1. The minimum Gasteiger partial charge on any atom is -0.389 e. The molecule has 110 valence electrons. The maximum absolute atomic E-state index is 9.90. The second-order valence-electron chi connectivity index (χ2n) is 6.08. The van der Waals surface area contributed by atoms with E-state index in [0.717, 1.165) is 0 Å². The minimum atomic E-state index is -0.471. The Kier molecular flexibility index (Phi) is 5.99. The molecule has 0 aliphatic carbocycles. The van der Waals surface area contributed by atoms with Gasteiger partial charge in [0, 0.05) is 22.3 Å². The number of hydrogen-bond donors (Lipinski definition) is 2. The molecule has 0 aliphatic rings. The molecule has 2 N–H and O–H groups in total. The molecule has 0 spiro atoms. The van der Waals surface area contributed by atoms with E-state index < -0.39 is 6.10 Å². The van der Waals surface area contributed by atoms with Crippen molar-refractivity contribution in [1.29, 1.82) is 0 Å². The molecule has 2 unspecified atom stereocenters. The Morgan fingerprint density at radius 1 is 1.37 bits per heavy atom. The lowest BCUT2D eigenvalue weighted by Gasteiger charge is -2.23. The van der Waals surface area contributed by atoms with Crippen molar-refractivity contribution in [1.82, 2.24) is 5.32 Å². The van der Waals surface area contributed by atoms with Gasteiger partial charge in [0.05, 0.1) is 18.3 Å². The van der Waals surface area contributed by atoms with Crippen molar-refractivity contribution in [3.8, 4) is 0 Å². The van der Waals surface area contributed by atoms with Crippen molar-refractivity contribution in [2.75, 3.05) is 13.2 Å². The molecule has 4 heteroatoms. The van der Waals surface area contributed by atoms with Crippen LogP contribution in [0.2, 0.25) is 0 Å². The van der Waals surface area contributed by atoms with E-state index in [2.05, 4.69) is 32.2 Å². The normalized spacial score (nSPS) is 15.5. The molecule has 0 saturated carbocycles. The molecule has 0 radical (unpaired) electrons. The van der Waals surface area contributed by atoms with Gasteiger partial charge in [-0.05, 0) is 53.2 Å².